The van der Waals surface area contributed by atoms with Crippen molar-refractivity contribution in [3.8, 4) is 0 Å². The van der Waals surface area contributed by atoms with Crippen LogP contribution in [0, 0.1) is 0 Å². The molecule has 0 spiro atoms. The van der Waals surface area contributed by atoms with Crippen LogP contribution in [0.15, 0.2) is 28.2 Å². The molecule has 1 unspecified atom stereocenters. The molecule has 0 bridgehead atoms. The van der Waals surface area contributed by atoms with Gasteiger partial charge in [-0.15, -0.1) is 0 Å². The lowest BCUT2D eigenvalue weighted by Crippen LogP contribution is -2.46. The highest BCUT2D eigenvalue weighted by molar-refractivity contribution is 7.99. The highest BCUT2D eigenvalue weighted by Gasteiger charge is 2.24. The van der Waals surface area contributed by atoms with Gasteiger partial charge in [-0.3, -0.25) is 14.2 Å². The topological polar surface area (TPSA) is 100.0 Å². The summed E-state index contributed by atoms with van der Waals surface area (Å²) < 4.78 is 17.1. The van der Waals surface area contributed by atoms with Crippen LogP contribution in [0.25, 0.3) is 10.9 Å². The highest BCUT2D eigenvalue weighted by Crippen LogP contribution is 2.21. The fraction of sp³-hybridized carbons (Fsp3) is 0.545. The third kappa shape index (κ3) is 5.67. The molecule has 1 aliphatic heterocycles. The molecule has 1 aromatic heterocycles. The van der Waals surface area contributed by atoms with E-state index in [1.54, 1.807) is 34.8 Å². The molecule has 1 aliphatic rings. The summed E-state index contributed by atoms with van der Waals surface area (Å²) in [6.07, 6.45) is 1.54. The van der Waals surface area contributed by atoms with Gasteiger partial charge >= 0.3 is 5.97 Å². The molecule has 174 valence electrons. The van der Waals surface area contributed by atoms with E-state index in [9.17, 15) is 14.4 Å². The normalized spacial score (nSPS) is 16.3. The molecular formula is C22H29N3O6S. The Morgan fingerprint density at radius 2 is 2.12 bits per heavy atom. The molecule has 0 N–H and O–H groups in total. The zero-order valence-electron chi connectivity index (χ0n) is 18.7. The Morgan fingerprint density at radius 3 is 2.84 bits per heavy atom. The second kappa shape index (κ2) is 11.4. The number of amides is 1. The summed E-state index contributed by atoms with van der Waals surface area (Å²) in [4.78, 5) is 44.3. The van der Waals surface area contributed by atoms with E-state index < -0.39 is 5.97 Å². The molecule has 1 atom stereocenters. The minimum atomic E-state index is -0.500. The Kier molecular flexibility index (Phi) is 8.66. The van der Waals surface area contributed by atoms with Crippen molar-refractivity contribution in [1.82, 2.24) is 14.5 Å². The van der Waals surface area contributed by atoms with Crippen LogP contribution in [-0.4, -0.2) is 78.7 Å². The van der Waals surface area contributed by atoms with E-state index in [1.165, 1.54) is 18.9 Å². The summed E-state index contributed by atoms with van der Waals surface area (Å²) in [5, 5.41) is 0.846. The predicted octanol–water partition coefficient (Wildman–Crippen LogP) is 1.95. The summed E-state index contributed by atoms with van der Waals surface area (Å²) in [6, 6.07) is 4.68. The van der Waals surface area contributed by atoms with E-state index in [-0.39, 0.29) is 23.3 Å². The van der Waals surface area contributed by atoms with Crippen molar-refractivity contribution >= 4 is 34.5 Å². The van der Waals surface area contributed by atoms with E-state index in [1.807, 2.05) is 6.92 Å². The number of hydrogen-bond acceptors (Lipinski definition) is 8. The molecule has 1 fully saturated rings. The lowest BCUT2D eigenvalue weighted by atomic mass is 10.1. The lowest BCUT2D eigenvalue weighted by molar-refractivity contribution is -0.135. The Morgan fingerprint density at radius 1 is 1.31 bits per heavy atom. The van der Waals surface area contributed by atoms with Gasteiger partial charge in [0.2, 0.25) is 5.91 Å². The minimum Gasteiger partial charge on any atom is -0.465 e. The van der Waals surface area contributed by atoms with Gasteiger partial charge in [0.25, 0.3) is 5.56 Å². The van der Waals surface area contributed by atoms with E-state index in [2.05, 4.69) is 4.98 Å². The number of fused-ring (bicyclic) bond motifs is 1. The Labute approximate surface area is 191 Å². The van der Waals surface area contributed by atoms with Crippen LogP contribution < -0.4 is 5.56 Å². The number of ether oxygens (including phenoxy) is 3. The third-order valence-electron chi connectivity index (χ3n) is 5.34. The molecule has 32 heavy (non-hydrogen) atoms. The molecule has 9 nitrogen and oxygen atoms in total. The van der Waals surface area contributed by atoms with Crippen molar-refractivity contribution in [2.45, 2.75) is 37.6 Å². The summed E-state index contributed by atoms with van der Waals surface area (Å²) >= 11 is 1.23. The number of benzene rings is 1. The minimum absolute atomic E-state index is 0.0159. The Hall–Kier alpha value is -2.43. The number of aromatic nitrogens is 2. The van der Waals surface area contributed by atoms with Crippen molar-refractivity contribution in [2.24, 2.45) is 0 Å². The lowest BCUT2D eigenvalue weighted by Gasteiger charge is -2.32. The molecule has 3 rings (SSSR count). The van der Waals surface area contributed by atoms with Gasteiger partial charge < -0.3 is 19.1 Å². The zero-order chi connectivity index (χ0) is 23.1. The monoisotopic (exact) mass is 463 g/mol. The average Bonchev–Trinajstić information content (AvgIpc) is 2.83. The SMILES string of the molecule is CCC1CN(C(=O)CSc2nc3cc(C(=O)OC)ccc3c(=O)n2CCCOC)CCO1. The maximum atomic E-state index is 13.2. The quantitative estimate of drug-likeness (QED) is 0.241. The number of morpholine rings is 1. The molecular weight excluding hydrogens is 434 g/mol. The number of thioether (sulfide) groups is 1. The molecule has 1 amide bonds. The van der Waals surface area contributed by atoms with Gasteiger partial charge in [-0.2, -0.15) is 0 Å². The maximum absolute atomic E-state index is 13.2. The summed E-state index contributed by atoms with van der Waals surface area (Å²) in [7, 11) is 2.91. The van der Waals surface area contributed by atoms with Crippen LogP contribution >= 0.6 is 11.8 Å². The Balaban J connectivity index is 1.87. The van der Waals surface area contributed by atoms with Gasteiger partial charge in [0, 0.05) is 33.4 Å². The molecule has 2 heterocycles. The van der Waals surface area contributed by atoms with Crippen LogP contribution in [0.1, 0.15) is 30.1 Å². The van der Waals surface area contributed by atoms with Crippen LogP contribution in [0.5, 0.6) is 0 Å². The summed E-state index contributed by atoms with van der Waals surface area (Å²) in [5.41, 5.74) is 0.498. The van der Waals surface area contributed by atoms with Crippen LogP contribution in [0.3, 0.4) is 0 Å². The van der Waals surface area contributed by atoms with Gasteiger partial charge in [0.1, 0.15) is 0 Å². The average molecular weight is 464 g/mol. The van der Waals surface area contributed by atoms with E-state index in [0.717, 1.165) is 6.42 Å². The second-order valence-electron chi connectivity index (χ2n) is 7.45. The van der Waals surface area contributed by atoms with E-state index in [0.29, 0.717) is 60.9 Å². The first-order valence-corrected chi connectivity index (χ1v) is 11.6. The molecule has 2 aromatic rings. The number of esters is 1. The third-order valence-corrected chi connectivity index (χ3v) is 6.30. The first-order chi connectivity index (χ1) is 15.5. The van der Waals surface area contributed by atoms with Gasteiger partial charge in [0.15, 0.2) is 5.16 Å². The first kappa shape index (κ1) is 24.2. The molecule has 1 aromatic carbocycles. The van der Waals surface area contributed by atoms with Crippen molar-refractivity contribution < 1.29 is 23.8 Å². The second-order valence-corrected chi connectivity index (χ2v) is 8.39. The summed E-state index contributed by atoms with van der Waals surface area (Å²) in [5.74, 6) is -0.354. The van der Waals surface area contributed by atoms with Crippen molar-refractivity contribution in [2.75, 3.05) is 46.3 Å². The fourth-order valence-corrected chi connectivity index (χ4v) is 4.46. The highest BCUT2D eigenvalue weighted by atomic mass is 32.2. The van der Waals surface area contributed by atoms with E-state index >= 15 is 0 Å². The summed E-state index contributed by atoms with van der Waals surface area (Å²) in [6.45, 7) is 4.62. The fourth-order valence-electron chi connectivity index (χ4n) is 3.53. The standard InChI is InChI=1S/C22H29N3O6S/c1-4-16-13-24(9-11-31-16)19(26)14-32-22-23-18-12-15(21(28)30-3)6-7-17(18)20(27)25(22)8-5-10-29-2/h6-7,12,16H,4-5,8-11,13-14H2,1-3H3. The van der Waals surface area contributed by atoms with Crippen molar-refractivity contribution in [1.29, 1.82) is 0 Å². The number of methoxy groups -OCH3 is 2. The van der Waals surface area contributed by atoms with Gasteiger partial charge in [-0.25, -0.2) is 9.78 Å². The number of rotatable bonds is 9. The van der Waals surface area contributed by atoms with Crippen molar-refractivity contribution in [3.63, 3.8) is 0 Å². The molecule has 0 radical (unpaired) electrons. The van der Waals surface area contributed by atoms with Gasteiger partial charge in [0.05, 0.1) is 42.0 Å². The molecule has 0 saturated carbocycles. The number of nitrogens with zero attached hydrogens (tertiary/aromatic N) is 3. The van der Waals surface area contributed by atoms with Gasteiger partial charge in [-0.1, -0.05) is 18.7 Å². The molecule has 10 heteroatoms. The first-order valence-electron chi connectivity index (χ1n) is 10.6. The van der Waals surface area contributed by atoms with Crippen LogP contribution in [0.4, 0.5) is 0 Å². The van der Waals surface area contributed by atoms with Crippen LogP contribution in [0.2, 0.25) is 0 Å². The predicted molar refractivity (Wildman–Crippen MR) is 121 cm³/mol. The number of carbonyl (C=O) groups is 2. The molecule has 1 saturated heterocycles. The zero-order valence-corrected chi connectivity index (χ0v) is 19.5. The van der Waals surface area contributed by atoms with Gasteiger partial charge in [-0.05, 0) is 31.0 Å². The van der Waals surface area contributed by atoms with Crippen LogP contribution in [-0.2, 0) is 25.5 Å². The molecule has 0 aliphatic carbocycles. The number of hydrogen-bond donors (Lipinski definition) is 0. The smallest absolute Gasteiger partial charge is 0.337 e. The van der Waals surface area contributed by atoms with Crippen molar-refractivity contribution in [3.05, 3.63) is 34.1 Å². The maximum Gasteiger partial charge on any atom is 0.337 e. The largest absolute Gasteiger partial charge is 0.465 e. The van der Waals surface area contributed by atoms with E-state index in [4.69, 9.17) is 14.2 Å². The number of carbonyl (C=O) groups excluding carboxylic acids is 2. The Bertz CT molecular complexity index is 1020.